The third-order valence-corrected chi connectivity index (χ3v) is 3.56. The van der Waals surface area contributed by atoms with Crippen molar-refractivity contribution in [2.75, 3.05) is 32.7 Å². The smallest absolute Gasteiger partial charge is 0.317 e. The average molecular weight is 298 g/mol. The van der Waals surface area contributed by atoms with E-state index < -0.39 is 0 Å². The van der Waals surface area contributed by atoms with Crippen LogP contribution in [0.25, 0.3) is 0 Å². The average Bonchev–Trinajstić information content (AvgIpc) is 2.36. The minimum absolute atomic E-state index is 0.0472. The van der Waals surface area contributed by atoms with Crippen molar-refractivity contribution in [1.29, 1.82) is 0 Å². The quantitative estimate of drug-likeness (QED) is 0.813. The number of hydrogen-bond donors (Lipinski definition) is 2. The molecule has 0 aromatic carbocycles. The maximum Gasteiger partial charge on any atom is 0.317 e. The third-order valence-electron chi connectivity index (χ3n) is 3.56. The van der Waals surface area contributed by atoms with Crippen LogP contribution in [0.2, 0.25) is 0 Å². The number of carbonyl (C=O) groups is 2. The molecule has 122 valence electrons. The summed E-state index contributed by atoms with van der Waals surface area (Å²) in [5.74, 6) is 0.0994. The second-order valence-electron chi connectivity index (χ2n) is 6.93. The Labute approximate surface area is 128 Å². The Kier molecular flexibility index (Phi) is 6.45. The highest BCUT2D eigenvalue weighted by molar-refractivity contribution is 5.78. The van der Waals surface area contributed by atoms with Gasteiger partial charge in [0.15, 0.2) is 0 Å². The van der Waals surface area contributed by atoms with Gasteiger partial charge in [0.25, 0.3) is 0 Å². The second kappa shape index (κ2) is 7.64. The van der Waals surface area contributed by atoms with Crippen LogP contribution < -0.4 is 11.1 Å². The lowest BCUT2D eigenvalue weighted by atomic mass is 9.87. The molecule has 1 aliphatic heterocycles. The van der Waals surface area contributed by atoms with Gasteiger partial charge in [0.1, 0.15) is 0 Å². The van der Waals surface area contributed by atoms with Gasteiger partial charge in [0.2, 0.25) is 5.91 Å². The first kappa shape index (κ1) is 17.8. The first-order chi connectivity index (χ1) is 9.73. The summed E-state index contributed by atoms with van der Waals surface area (Å²) in [6, 6.07) is -0.145. The molecule has 0 spiro atoms. The van der Waals surface area contributed by atoms with E-state index in [1.54, 1.807) is 4.90 Å². The van der Waals surface area contributed by atoms with Gasteiger partial charge in [-0.2, -0.15) is 0 Å². The van der Waals surface area contributed by atoms with Crippen molar-refractivity contribution in [1.82, 2.24) is 15.1 Å². The molecular formula is C15H30N4O2. The largest absolute Gasteiger partial charge is 0.339 e. The van der Waals surface area contributed by atoms with Gasteiger partial charge in [-0.15, -0.1) is 0 Å². The first-order valence-electron chi connectivity index (χ1n) is 7.79. The van der Waals surface area contributed by atoms with E-state index in [1.165, 1.54) is 0 Å². The Hall–Kier alpha value is -1.30. The summed E-state index contributed by atoms with van der Waals surface area (Å²) in [4.78, 5) is 27.5. The molecule has 1 fully saturated rings. The van der Waals surface area contributed by atoms with E-state index in [-0.39, 0.29) is 23.4 Å². The van der Waals surface area contributed by atoms with Crippen molar-refractivity contribution in [2.45, 2.75) is 46.6 Å². The van der Waals surface area contributed by atoms with E-state index in [1.807, 2.05) is 11.8 Å². The number of nitrogens with one attached hydrogen (secondary N) is 1. The van der Waals surface area contributed by atoms with E-state index in [0.717, 1.165) is 6.42 Å². The van der Waals surface area contributed by atoms with E-state index in [0.29, 0.717) is 39.1 Å². The van der Waals surface area contributed by atoms with E-state index >= 15 is 0 Å². The molecule has 1 saturated heterocycles. The van der Waals surface area contributed by atoms with Gasteiger partial charge in [-0.05, 0) is 18.8 Å². The van der Waals surface area contributed by atoms with Gasteiger partial charge in [0, 0.05) is 45.2 Å². The van der Waals surface area contributed by atoms with Crippen LogP contribution in [0.1, 0.15) is 40.5 Å². The van der Waals surface area contributed by atoms with Crippen LogP contribution in [0, 0.1) is 5.41 Å². The van der Waals surface area contributed by atoms with Crippen molar-refractivity contribution in [3.05, 3.63) is 0 Å². The van der Waals surface area contributed by atoms with Crippen LogP contribution in [0.4, 0.5) is 4.79 Å². The predicted molar refractivity (Wildman–Crippen MR) is 83.9 cm³/mol. The molecule has 21 heavy (non-hydrogen) atoms. The van der Waals surface area contributed by atoms with Crippen LogP contribution in [0.3, 0.4) is 0 Å². The highest BCUT2D eigenvalue weighted by atomic mass is 16.2. The van der Waals surface area contributed by atoms with E-state index in [2.05, 4.69) is 26.1 Å². The van der Waals surface area contributed by atoms with Crippen LogP contribution >= 0.6 is 0 Å². The predicted octanol–water partition coefficient (Wildman–Crippen LogP) is 1.01. The van der Waals surface area contributed by atoms with Crippen molar-refractivity contribution >= 4 is 11.9 Å². The van der Waals surface area contributed by atoms with Gasteiger partial charge in [-0.1, -0.05) is 20.8 Å². The summed E-state index contributed by atoms with van der Waals surface area (Å²) in [6.45, 7) is 11.3. The van der Waals surface area contributed by atoms with Gasteiger partial charge >= 0.3 is 6.03 Å². The van der Waals surface area contributed by atoms with Crippen molar-refractivity contribution < 1.29 is 9.59 Å². The molecule has 0 aromatic heterocycles. The highest BCUT2D eigenvalue weighted by Gasteiger charge is 2.25. The molecule has 6 heteroatoms. The zero-order valence-electron chi connectivity index (χ0n) is 13.8. The van der Waals surface area contributed by atoms with Gasteiger partial charge in [-0.3, -0.25) is 4.79 Å². The number of carbonyl (C=O) groups excluding carboxylic acids is 2. The number of hydrogen-bond acceptors (Lipinski definition) is 3. The van der Waals surface area contributed by atoms with Crippen LogP contribution in [-0.2, 0) is 4.79 Å². The number of urea groups is 1. The SMILES string of the molecule is CCNC(=O)N1CCN(C(=O)CC(N)CC(C)(C)C)CC1. The van der Waals surface area contributed by atoms with E-state index in [4.69, 9.17) is 5.73 Å². The first-order valence-corrected chi connectivity index (χ1v) is 7.79. The van der Waals surface area contributed by atoms with Crippen LogP contribution in [-0.4, -0.2) is 60.5 Å². The zero-order valence-corrected chi connectivity index (χ0v) is 13.8. The molecule has 0 bridgehead atoms. The molecule has 1 unspecified atom stereocenters. The monoisotopic (exact) mass is 298 g/mol. The lowest BCUT2D eigenvalue weighted by molar-refractivity contribution is -0.133. The Bertz CT molecular complexity index is 357. The van der Waals surface area contributed by atoms with Crippen molar-refractivity contribution in [2.24, 2.45) is 11.1 Å². The Morgan fingerprint density at radius 1 is 1.14 bits per heavy atom. The number of nitrogens with zero attached hydrogens (tertiary/aromatic N) is 2. The lowest BCUT2D eigenvalue weighted by Crippen LogP contribution is -2.53. The number of nitrogens with two attached hydrogens (primary N) is 1. The fourth-order valence-electron chi connectivity index (χ4n) is 2.63. The lowest BCUT2D eigenvalue weighted by Gasteiger charge is -2.35. The normalized spacial score (nSPS) is 17.6. The summed E-state index contributed by atoms with van der Waals surface area (Å²) in [5, 5.41) is 2.78. The molecule has 1 heterocycles. The molecule has 0 aliphatic carbocycles. The molecule has 1 rings (SSSR count). The molecule has 3 N–H and O–H groups in total. The molecule has 0 saturated carbocycles. The van der Waals surface area contributed by atoms with Crippen molar-refractivity contribution in [3.8, 4) is 0 Å². The molecular weight excluding hydrogens is 268 g/mol. The molecule has 0 aromatic rings. The Balaban J connectivity index is 2.36. The zero-order chi connectivity index (χ0) is 16.0. The second-order valence-corrected chi connectivity index (χ2v) is 6.93. The molecule has 0 radical (unpaired) electrons. The van der Waals surface area contributed by atoms with Crippen LogP contribution in [0.15, 0.2) is 0 Å². The summed E-state index contributed by atoms with van der Waals surface area (Å²) < 4.78 is 0. The fourth-order valence-corrected chi connectivity index (χ4v) is 2.63. The maximum atomic E-state index is 12.2. The molecule has 3 amide bonds. The molecule has 1 atom stereocenters. The summed E-state index contributed by atoms with van der Waals surface area (Å²) in [7, 11) is 0. The summed E-state index contributed by atoms with van der Waals surface area (Å²) >= 11 is 0. The van der Waals surface area contributed by atoms with Gasteiger partial charge in [-0.25, -0.2) is 4.79 Å². The Morgan fingerprint density at radius 3 is 2.14 bits per heavy atom. The topological polar surface area (TPSA) is 78.7 Å². The number of piperazine rings is 1. The van der Waals surface area contributed by atoms with Gasteiger partial charge < -0.3 is 20.9 Å². The standard InChI is InChI=1S/C15H30N4O2/c1-5-17-14(21)19-8-6-18(7-9-19)13(20)10-12(16)11-15(2,3)4/h12H,5-11,16H2,1-4H3,(H,17,21). The van der Waals surface area contributed by atoms with Gasteiger partial charge in [0.05, 0.1) is 0 Å². The third kappa shape index (κ3) is 6.33. The minimum Gasteiger partial charge on any atom is -0.339 e. The maximum absolute atomic E-state index is 12.2. The highest BCUT2D eigenvalue weighted by Crippen LogP contribution is 2.21. The summed E-state index contributed by atoms with van der Waals surface area (Å²) in [5.41, 5.74) is 6.20. The molecule has 1 aliphatic rings. The van der Waals surface area contributed by atoms with Crippen molar-refractivity contribution in [3.63, 3.8) is 0 Å². The number of rotatable bonds is 4. The summed E-state index contributed by atoms with van der Waals surface area (Å²) in [6.07, 6.45) is 1.22. The van der Waals surface area contributed by atoms with E-state index in [9.17, 15) is 9.59 Å². The van der Waals surface area contributed by atoms with Crippen LogP contribution in [0.5, 0.6) is 0 Å². The fraction of sp³-hybridized carbons (Fsp3) is 0.867. The minimum atomic E-state index is -0.0982. The number of amides is 3. The Morgan fingerprint density at radius 2 is 1.67 bits per heavy atom. The molecule has 6 nitrogen and oxygen atoms in total.